The van der Waals surface area contributed by atoms with Gasteiger partial charge in [-0.05, 0) is 91.5 Å². The zero-order valence-electron chi connectivity index (χ0n) is 23.5. The molecule has 2 aliphatic rings. The van der Waals surface area contributed by atoms with Crippen LogP contribution in [-0.4, -0.2) is 45.1 Å². The fourth-order valence-corrected chi connectivity index (χ4v) is 6.44. The maximum absolute atomic E-state index is 11.7. The van der Waals surface area contributed by atoms with Gasteiger partial charge in [-0.2, -0.15) is 4.98 Å². The fourth-order valence-electron chi connectivity index (χ4n) is 6.44. The Morgan fingerprint density at radius 2 is 1.93 bits per heavy atom. The first-order valence-corrected chi connectivity index (χ1v) is 14.7. The molecule has 1 saturated carbocycles. The molecule has 1 saturated heterocycles. The molecule has 0 spiro atoms. The molecule has 1 amide bonds. The van der Waals surface area contributed by atoms with Crippen LogP contribution in [0.3, 0.4) is 0 Å². The van der Waals surface area contributed by atoms with Gasteiger partial charge in [-0.3, -0.25) is 9.78 Å². The molecule has 212 valence electrons. The molecule has 0 bridgehead atoms. The predicted octanol–water partition coefficient (Wildman–Crippen LogP) is 5.88. The Morgan fingerprint density at radius 1 is 1.05 bits per heavy atom. The number of aryl methyl sites for hydroxylation is 1. The number of piperidine rings is 1. The Kier molecular flexibility index (Phi) is 7.93. The highest BCUT2D eigenvalue weighted by molar-refractivity contribution is 5.94. The van der Waals surface area contributed by atoms with Gasteiger partial charge in [0.05, 0.1) is 11.9 Å². The molecule has 0 unspecified atom stereocenters. The van der Waals surface area contributed by atoms with E-state index in [9.17, 15) is 4.79 Å². The van der Waals surface area contributed by atoms with E-state index in [0.717, 1.165) is 47.8 Å². The smallest absolute Gasteiger partial charge is 0.248 e. The first-order valence-electron chi connectivity index (χ1n) is 14.7. The monoisotopic (exact) mass is 551 g/mol. The molecule has 4 heterocycles. The number of aromatic nitrogens is 4. The van der Waals surface area contributed by atoms with Crippen molar-refractivity contribution in [3.8, 4) is 22.6 Å². The lowest BCUT2D eigenvalue weighted by Gasteiger charge is -2.39. The van der Waals surface area contributed by atoms with Crippen LogP contribution in [0.15, 0.2) is 65.4 Å². The molecule has 0 radical (unpaired) electrons. The van der Waals surface area contributed by atoms with Crippen LogP contribution in [0.25, 0.3) is 22.6 Å². The number of nitrogens with one attached hydrogen (secondary N) is 1. The molecule has 1 aliphatic carbocycles. The summed E-state index contributed by atoms with van der Waals surface area (Å²) in [5, 5.41) is 7.77. The summed E-state index contributed by atoms with van der Waals surface area (Å²) in [4.78, 5) is 27.7. The third kappa shape index (κ3) is 6.39. The van der Waals surface area contributed by atoms with Gasteiger partial charge in [-0.25, -0.2) is 4.98 Å². The van der Waals surface area contributed by atoms with Crippen LogP contribution in [0.4, 0.5) is 11.5 Å². The first-order chi connectivity index (χ1) is 20.0. The Bertz CT molecular complexity index is 1490. The third-order valence-corrected chi connectivity index (χ3v) is 8.51. The summed E-state index contributed by atoms with van der Waals surface area (Å²) in [6.07, 6.45) is 12.4. The lowest BCUT2D eigenvalue weighted by atomic mass is 9.77. The van der Waals surface area contributed by atoms with Crippen molar-refractivity contribution in [2.24, 2.45) is 17.6 Å². The molecule has 1 aliphatic heterocycles. The van der Waals surface area contributed by atoms with E-state index >= 15 is 0 Å². The number of primary amides is 1. The number of carbonyl (C=O) groups excluding carboxylic acids is 1. The molecule has 2 fully saturated rings. The van der Waals surface area contributed by atoms with E-state index in [-0.39, 0.29) is 0 Å². The van der Waals surface area contributed by atoms with Gasteiger partial charge in [0.2, 0.25) is 17.6 Å². The number of nitrogens with zero attached hydrogens (tertiary/aromatic N) is 5. The minimum Gasteiger partial charge on any atom is -0.370 e. The number of benzene rings is 1. The number of anilines is 2. The molecule has 3 N–H and O–H groups in total. The van der Waals surface area contributed by atoms with Crippen molar-refractivity contribution >= 4 is 17.4 Å². The average molecular weight is 552 g/mol. The quantitative estimate of drug-likeness (QED) is 0.278. The van der Waals surface area contributed by atoms with Crippen molar-refractivity contribution < 1.29 is 9.32 Å². The minimum absolute atomic E-state index is 0.401. The van der Waals surface area contributed by atoms with E-state index in [4.69, 9.17) is 10.3 Å². The van der Waals surface area contributed by atoms with Crippen molar-refractivity contribution in [2.45, 2.75) is 57.9 Å². The van der Waals surface area contributed by atoms with Gasteiger partial charge in [0, 0.05) is 37.8 Å². The third-order valence-electron chi connectivity index (χ3n) is 8.51. The maximum atomic E-state index is 11.7. The van der Waals surface area contributed by atoms with Crippen LogP contribution in [-0.2, 0) is 0 Å². The molecule has 4 aromatic rings. The molecule has 9 nitrogen and oxygen atoms in total. The SMILES string of the molecule is Cc1nc(-c2ccc(N3CCC[C@H](C[C@@H]4CCCC[C@H]4Nc4cc(-c5cccc(C(N)=O)c5)ccn4)C3)cn2)no1. The van der Waals surface area contributed by atoms with Gasteiger partial charge in [0.15, 0.2) is 0 Å². The molecule has 3 atom stereocenters. The summed E-state index contributed by atoms with van der Waals surface area (Å²) < 4.78 is 5.10. The summed E-state index contributed by atoms with van der Waals surface area (Å²) in [6.45, 7) is 3.89. The van der Waals surface area contributed by atoms with Crippen molar-refractivity contribution in [1.29, 1.82) is 0 Å². The number of amides is 1. The second-order valence-corrected chi connectivity index (χ2v) is 11.4. The summed E-state index contributed by atoms with van der Waals surface area (Å²) in [5.74, 6) is 2.79. The Morgan fingerprint density at radius 3 is 2.73 bits per heavy atom. The van der Waals surface area contributed by atoms with Crippen LogP contribution < -0.4 is 16.0 Å². The van der Waals surface area contributed by atoms with Gasteiger partial charge in [-0.1, -0.05) is 30.1 Å². The van der Waals surface area contributed by atoms with Gasteiger partial charge < -0.3 is 20.5 Å². The molecule has 3 aromatic heterocycles. The normalized spacial score (nSPS) is 21.0. The van der Waals surface area contributed by atoms with Gasteiger partial charge in [0.25, 0.3) is 0 Å². The molecular weight excluding hydrogens is 514 g/mol. The van der Waals surface area contributed by atoms with Crippen LogP contribution >= 0.6 is 0 Å². The molecule has 6 rings (SSSR count). The Labute approximate surface area is 240 Å². The van der Waals surface area contributed by atoms with Crippen LogP contribution in [0.5, 0.6) is 0 Å². The van der Waals surface area contributed by atoms with E-state index in [1.54, 1.807) is 13.0 Å². The Balaban J connectivity index is 1.10. The average Bonchev–Trinajstić information content (AvgIpc) is 3.45. The molecule has 41 heavy (non-hydrogen) atoms. The predicted molar refractivity (Wildman–Crippen MR) is 159 cm³/mol. The van der Waals surface area contributed by atoms with Crippen molar-refractivity contribution in [2.75, 3.05) is 23.3 Å². The lowest BCUT2D eigenvalue weighted by Crippen LogP contribution is -2.39. The van der Waals surface area contributed by atoms with Crippen LogP contribution in [0.1, 0.15) is 61.2 Å². The van der Waals surface area contributed by atoms with Gasteiger partial charge >= 0.3 is 0 Å². The lowest BCUT2D eigenvalue weighted by molar-refractivity contribution is 0.100. The number of rotatable bonds is 8. The highest BCUT2D eigenvalue weighted by Crippen LogP contribution is 2.35. The van der Waals surface area contributed by atoms with Crippen molar-refractivity contribution in [3.05, 3.63) is 72.4 Å². The number of carbonyl (C=O) groups is 1. The zero-order valence-corrected chi connectivity index (χ0v) is 23.5. The second kappa shape index (κ2) is 12.1. The highest BCUT2D eigenvalue weighted by Gasteiger charge is 2.30. The molecular formula is C32H37N7O2. The summed E-state index contributed by atoms with van der Waals surface area (Å²) >= 11 is 0. The van der Waals surface area contributed by atoms with Crippen LogP contribution in [0.2, 0.25) is 0 Å². The summed E-state index contributed by atoms with van der Waals surface area (Å²) in [6, 6.07) is 16.0. The second-order valence-electron chi connectivity index (χ2n) is 11.4. The molecule has 9 heteroatoms. The summed E-state index contributed by atoms with van der Waals surface area (Å²) in [7, 11) is 0. The largest absolute Gasteiger partial charge is 0.370 e. The fraction of sp³-hybridized carbons (Fsp3) is 0.406. The number of hydrogen-bond donors (Lipinski definition) is 2. The van der Waals surface area contributed by atoms with Gasteiger partial charge in [0.1, 0.15) is 11.5 Å². The van der Waals surface area contributed by atoms with E-state index < -0.39 is 5.91 Å². The van der Waals surface area contributed by atoms with E-state index in [0.29, 0.717) is 35.2 Å². The Hall–Kier alpha value is -4.27. The number of nitrogens with two attached hydrogens (primary N) is 1. The van der Waals surface area contributed by atoms with Crippen LogP contribution in [0, 0.1) is 18.8 Å². The van der Waals surface area contributed by atoms with Gasteiger partial charge in [-0.15, -0.1) is 0 Å². The van der Waals surface area contributed by atoms with Crippen molar-refractivity contribution in [3.63, 3.8) is 0 Å². The van der Waals surface area contributed by atoms with Crippen molar-refractivity contribution in [1.82, 2.24) is 20.1 Å². The number of hydrogen-bond acceptors (Lipinski definition) is 8. The standard InChI is InChI=1S/C32H37N7O2/c1-21-36-32(38-41-21)29-12-11-27(19-35-29)39-15-5-6-22(20-39)16-25-7-2-3-10-28(25)37-30-18-24(13-14-34-30)23-8-4-9-26(17-23)31(33)40/h4,8-9,11-14,17-19,22,25,28H,2-3,5-7,10,15-16,20H2,1H3,(H2,33,40)(H,34,37)/t22-,25+,28-/m1/s1. The van der Waals surface area contributed by atoms with E-state index in [1.807, 2.05) is 42.7 Å². The first kappa shape index (κ1) is 26.9. The topological polar surface area (TPSA) is 123 Å². The minimum atomic E-state index is -0.419. The maximum Gasteiger partial charge on any atom is 0.248 e. The molecule has 1 aromatic carbocycles. The zero-order chi connectivity index (χ0) is 28.2. The summed E-state index contributed by atoms with van der Waals surface area (Å²) in [5.41, 5.74) is 9.88. The van der Waals surface area contributed by atoms with E-state index in [1.165, 1.54) is 38.5 Å². The highest BCUT2D eigenvalue weighted by atomic mass is 16.5. The number of pyridine rings is 2. The van der Waals surface area contributed by atoms with E-state index in [2.05, 4.69) is 42.5 Å².